The first-order valence-electron chi connectivity index (χ1n) is 1.76. The van der Waals surface area contributed by atoms with Gasteiger partial charge in [-0.2, -0.15) is 0 Å². The summed E-state index contributed by atoms with van der Waals surface area (Å²) >= 11 is 15.2. The molecule has 7 heteroatoms. The van der Waals surface area contributed by atoms with E-state index in [4.69, 9.17) is 34.8 Å². The van der Waals surface area contributed by atoms with Crippen LogP contribution in [-0.2, 0) is 4.84 Å². The van der Waals surface area contributed by atoms with Crippen molar-refractivity contribution in [3.05, 3.63) is 10.1 Å². The van der Waals surface area contributed by atoms with Crippen LogP contribution in [0.15, 0.2) is 0 Å². The maximum absolute atomic E-state index is 9.45. The highest BCUT2D eigenvalue weighted by atomic mass is 35.6. The molecule has 54 valence electrons. The first-order valence-corrected chi connectivity index (χ1v) is 2.89. The molecule has 0 aliphatic carbocycles. The van der Waals surface area contributed by atoms with Gasteiger partial charge >= 0.3 is 0 Å². The Morgan fingerprint density at radius 1 is 1.56 bits per heavy atom. The first-order chi connectivity index (χ1) is 3.92. The van der Waals surface area contributed by atoms with Gasteiger partial charge in [0.25, 0.3) is 5.09 Å². The average Bonchev–Trinajstić information content (AvgIpc) is 1.59. The molecule has 0 atom stereocenters. The molecular formula is C2H2Cl3NO3. The molecule has 0 aliphatic rings. The lowest BCUT2D eigenvalue weighted by Crippen LogP contribution is -2.15. The van der Waals surface area contributed by atoms with Gasteiger partial charge in [-0.3, -0.25) is 0 Å². The van der Waals surface area contributed by atoms with E-state index >= 15 is 0 Å². The van der Waals surface area contributed by atoms with Gasteiger partial charge in [-0.1, -0.05) is 34.8 Å². The monoisotopic (exact) mass is 193 g/mol. The zero-order chi connectivity index (χ0) is 7.49. The molecule has 0 aromatic carbocycles. The lowest BCUT2D eigenvalue weighted by Gasteiger charge is -2.06. The van der Waals surface area contributed by atoms with Crippen molar-refractivity contribution in [3.63, 3.8) is 0 Å². The minimum atomic E-state index is -1.72. The van der Waals surface area contributed by atoms with Crippen LogP contribution in [0.2, 0.25) is 0 Å². The van der Waals surface area contributed by atoms with Crippen LogP contribution in [0.25, 0.3) is 0 Å². The van der Waals surface area contributed by atoms with Crippen molar-refractivity contribution < 1.29 is 9.92 Å². The van der Waals surface area contributed by atoms with Crippen LogP contribution in [0, 0.1) is 10.1 Å². The fraction of sp³-hybridized carbons (Fsp3) is 1.00. The second-order valence-electron chi connectivity index (χ2n) is 1.11. The number of alkyl halides is 3. The molecule has 0 unspecified atom stereocenters. The Labute approximate surface area is 65.7 Å². The van der Waals surface area contributed by atoms with Gasteiger partial charge in [0.1, 0.15) is 6.61 Å². The smallest absolute Gasteiger partial charge is 0.294 e. The molecule has 0 radical (unpaired) electrons. The fourth-order valence-electron chi connectivity index (χ4n) is 0.126. The largest absolute Gasteiger partial charge is 0.309 e. The number of halogens is 3. The van der Waals surface area contributed by atoms with Crippen molar-refractivity contribution in [2.75, 3.05) is 6.61 Å². The molecule has 9 heavy (non-hydrogen) atoms. The number of nitrogens with zero attached hydrogens (tertiary/aromatic N) is 1. The second kappa shape index (κ2) is 3.29. The van der Waals surface area contributed by atoms with E-state index in [1.807, 2.05) is 0 Å². The lowest BCUT2D eigenvalue weighted by atomic mass is 10.8. The summed E-state index contributed by atoms with van der Waals surface area (Å²) in [6.45, 7) is -0.551. The highest BCUT2D eigenvalue weighted by Gasteiger charge is 2.21. The maximum atomic E-state index is 9.45. The van der Waals surface area contributed by atoms with Gasteiger partial charge in [-0.25, -0.2) is 0 Å². The lowest BCUT2D eigenvalue weighted by molar-refractivity contribution is -0.757. The zero-order valence-electron chi connectivity index (χ0n) is 4.01. The van der Waals surface area contributed by atoms with Gasteiger partial charge in [-0.15, -0.1) is 10.1 Å². The van der Waals surface area contributed by atoms with Gasteiger partial charge in [0.05, 0.1) is 0 Å². The second-order valence-corrected chi connectivity index (χ2v) is 3.63. The molecular weight excluding hydrogens is 192 g/mol. The molecule has 0 N–H and O–H groups in total. The minimum absolute atomic E-state index is 0.551. The van der Waals surface area contributed by atoms with Crippen LogP contribution in [-0.4, -0.2) is 15.5 Å². The van der Waals surface area contributed by atoms with Crippen LogP contribution in [0.3, 0.4) is 0 Å². The van der Waals surface area contributed by atoms with Crippen LogP contribution < -0.4 is 0 Å². The summed E-state index contributed by atoms with van der Waals surface area (Å²) in [4.78, 5) is 13.2. The van der Waals surface area contributed by atoms with E-state index in [0.717, 1.165) is 0 Å². The molecule has 0 bridgehead atoms. The summed E-state index contributed by atoms with van der Waals surface area (Å²) in [6, 6.07) is 0. The topological polar surface area (TPSA) is 52.4 Å². The van der Waals surface area contributed by atoms with E-state index in [1.165, 1.54) is 0 Å². The molecule has 0 aliphatic heterocycles. The molecule has 0 aromatic heterocycles. The van der Waals surface area contributed by atoms with Crippen LogP contribution in [0.1, 0.15) is 0 Å². The quantitative estimate of drug-likeness (QED) is 0.381. The van der Waals surface area contributed by atoms with Gasteiger partial charge in [0.15, 0.2) is 0 Å². The molecule has 0 aromatic rings. The van der Waals surface area contributed by atoms with Crippen molar-refractivity contribution in [2.24, 2.45) is 0 Å². The fourth-order valence-corrected chi connectivity index (χ4v) is 0.272. The van der Waals surface area contributed by atoms with E-state index in [1.54, 1.807) is 0 Å². The Kier molecular flexibility index (Phi) is 3.32. The van der Waals surface area contributed by atoms with Gasteiger partial charge in [-0.05, 0) is 0 Å². The summed E-state index contributed by atoms with van der Waals surface area (Å²) in [5, 5.41) is 8.43. The summed E-state index contributed by atoms with van der Waals surface area (Å²) in [6.07, 6.45) is 0. The Morgan fingerprint density at radius 3 is 2.11 bits per heavy atom. The minimum Gasteiger partial charge on any atom is -0.309 e. The third kappa shape index (κ3) is 8.07. The summed E-state index contributed by atoms with van der Waals surface area (Å²) < 4.78 is -1.72. The average molecular weight is 194 g/mol. The molecule has 0 amide bonds. The molecule has 0 saturated carbocycles. The number of hydrogen-bond donors (Lipinski definition) is 0. The molecule has 0 saturated heterocycles. The van der Waals surface area contributed by atoms with Crippen molar-refractivity contribution in [1.29, 1.82) is 0 Å². The van der Waals surface area contributed by atoms with Crippen molar-refractivity contribution in [1.82, 2.24) is 0 Å². The predicted molar refractivity (Wildman–Crippen MR) is 33.2 cm³/mol. The van der Waals surface area contributed by atoms with Crippen LogP contribution in [0.5, 0.6) is 0 Å². The van der Waals surface area contributed by atoms with Gasteiger partial charge in [0, 0.05) is 0 Å². The highest BCUT2D eigenvalue weighted by Crippen LogP contribution is 2.25. The SMILES string of the molecule is O=[N+]([O-])OCC(Cl)(Cl)Cl. The van der Waals surface area contributed by atoms with Crippen molar-refractivity contribution in [3.8, 4) is 0 Å². The summed E-state index contributed by atoms with van der Waals surface area (Å²) in [5.41, 5.74) is 0. The van der Waals surface area contributed by atoms with Crippen molar-refractivity contribution >= 4 is 34.8 Å². The highest BCUT2D eigenvalue weighted by molar-refractivity contribution is 6.67. The zero-order valence-corrected chi connectivity index (χ0v) is 6.28. The van der Waals surface area contributed by atoms with Crippen molar-refractivity contribution in [2.45, 2.75) is 3.79 Å². The van der Waals surface area contributed by atoms with Crippen LogP contribution in [0.4, 0.5) is 0 Å². The Hall–Kier alpha value is 0.0700. The summed E-state index contributed by atoms with van der Waals surface area (Å²) in [7, 11) is 0. The predicted octanol–water partition coefficient (Wildman–Crippen LogP) is 1.56. The molecule has 0 heterocycles. The Morgan fingerprint density at radius 2 is 2.00 bits per heavy atom. The van der Waals surface area contributed by atoms with Crippen LogP contribution >= 0.6 is 34.8 Å². The van der Waals surface area contributed by atoms with E-state index in [-0.39, 0.29) is 0 Å². The third-order valence-corrected chi connectivity index (χ3v) is 0.661. The number of hydrogen-bond acceptors (Lipinski definition) is 3. The third-order valence-electron chi connectivity index (χ3n) is 0.334. The van der Waals surface area contributed by atoms with E-state index < -0.39 is 15.5 Å². The molecule has 0 spiro atoms. The number of rotatable bonds is 2. The van der Waals surface area contributed by atoms with E-state index in [0.29, 0.717) is 0 Å². The van der Waals surface area contributed by atoms with Gasteiger partial charge < -0.3 is 4.84 Å². The summed E-state index contributed by atoms with van der Waals surface area (Å²) in [5.74, 6) is 0. The Balaban J connectivity index is 3.39. The van der Waals surface area contributed by atoms with E-state index in [2.05, 4.69) is 4.84 Å². The Bertz CT molecular complexity index is 110. The normalized spacial score (nSPS) is 11.0. The van der Waals surface area contributed by atoms with Gasteiger partial charge in [0.2, 0.25) is 3.79 Å². The first kappa shape index (κ1) is 9.07. The maximum Gasteiger partial charge on any atom is 0.294 e. The molecule has 4 nitrogen and oxygen atoms in total. The molecule has 0 fully saturated rings. The standard InChI is InChI=1S/C2H2Cl3NO3/c3-2(4,5)1-9-6(7)8/h1H2. The van der Waals surface area contributed by atoms with E-state index in [9.17, 15) is 10.1 Å². The molecule has 0 rings (SSSR count).